The van der Waals surface area contributed by atoms with E-state index in [0.29, 0.717) is 18.5 Å². The third kappa shape index (κ3) is 4.60. The van der Waals surface area contributed by atoms with E-state index < -0.39 is 17.9 Å². The summed E-state index contributed by atoms with van der Waals surface area (Å²) in [4.78, 5) is 23.5. The Morgan fingerprint density at radius 2 is 2.24 bits per heavy atom. The zero-order chi connectivity index (χ0) is 15.2. The van der Waals surface area contributed by atoms with Crippen LogP contribution in [0.5, 0.6) is 0 Å². The second kappa shape index (κ2) is 7.26. The summed E-state index contributed by atoms with van der Waals surface area (Å²) in [5.74, 6) is -0.660. The second-order valence-corrected chi connectivity index (χ2v) is 5.32. The van der Waals surface area contributed by atoms with Crippen LogP contribution in [0.2, 0.25) is 5.02 Å². The highest BCUT2D eigenvalue weighted by molar-refractivity contribution is 6.30. The van der Waals surface area contributed by atoms with Gasteiger partial charge in [-0.25, -0.2) is 9.18 Å². The minimum atomic E-state index is -0.510. The van der Waals surface area contributed by atoms with E-state index in [1.54, 1.807) is 6.07 Å². The molecule has 5 nitrogen and oxygen atoms in total. The van der Waals surface area contributed by atoms with E-state index in [4.69, 9.17) is 11.6 Å². The van der Waals surface area contributed by atoms with Crippen molar-refractivity contribution in [2.45, 2.75) is 31.8 Å². The largest absolute Gasteiger partial charge is 0.354 e. The molecule has 1 atom stereocenters. The van der Waals surface area contributed by atoms with Crippen LogP contribution >= 0.6 is 11.6 Å². The van der Waals surface area contributed by atoms with E-state index in [1.165, 1.54) is 12.1 Å². The Bertz CT molecular complexity index is 539. The molecule has 0 unspecified atom stereocenters. The van der Waals surface area contributed by atoms with Crippen LogP contribution in [0.25, 0.3) is 0 Å². The Balaban J connectivity index is 1.83. The predicted molar refractivity (Wildman–Crippen MR) is 77.4 cm³/mol. The van der Waals surface area contributed by atoms with Crippen LogP contribution in [0.3, 0.4) is 0 Å². The quantitative estimate of drug-likeness (QED) is 0.798. The number of rotatable bonds is 3. The molecule has 2 rings (SSSR count). The molecule has 3 amide bonds. The molecule has 1 aliphatic heterocycles. The van der Waals surface area contributed by atoms with Gasteiger partial charge in [-0.15, -0.1) is 0 Å². The van der Waals surface area contributed by atoms with Gasteiger partial charge in [-0.05, 0) is 37.0 Å². The van der Waals surface area contributed by atoms with Crippen molar-refractivity contribution in [1.29, 1.82) is 0 Å². The third-order valence-corrected chi connectivity index (χ3v) is 3.57. The van der Waals surface area contributed by atoms with E-state index in [0.717, 1.165) is 12.8 Å². The SMILES string of the molecule is O=C(NCc1ccc(F)c(Cl)c1)N[C@@H]1CCCCNC1=O. The van der Waals surface area contributed by atoms with Gasteiger partial charge in [0.05, 0.1) is 5.02 Å². The zero-order valence-corrected chi connectivity index (χ0v) is 12.2. The number of hydrogen-bond donors (Lipinski definition) is 3. The Morgan fingerprint density at radius 1 is 1.43 bits per heavy atom. The molecule has 114 valence electrons. The molecular weight excluding hydrogens is 297 g/mol. The molecule has 1 saturated heterocycles. The summed E-state index contributed by atoms with van der Waals surface area (Å²) in [7, 11) is 0. The number of amides is 3. The van der Waals surface area contributed by atoms with Crippen molar-refractivity contribution in [2.75, 3.05) is 6.54 Å². The lowest BCUT2D eigenvalue weighted by molar-refractivity contribution is -0.122. The van der Waals surface area contributed by atoms with Gasteiger partial charge >= 0.3 is 6.03 Å². The summed E-state index contributed by atoms with van der Waals surface area (Å²) in [6.45, 7) is 0.854. The fourth-order valence-corrected chi connectivity index (χ4v) is 2.32. The second-order valence-electron chi connectivity index (χ2n) is 4.91. The molecule has 0 spiro atoms. The third-order valence-electron chi connectivity index (χ3n) is 3.28. The average molecular weight is 314 g/mol. The van der Waals surface area contributed by atoms with Crippen LogP contribution in [-0.4, -0.2) is 24.5 Å². The van der Waals surface area contributed by atoms with Crippen molar-refractivity contribution in [1.82, 2.24) is 16.0 Å². The van der Waals surface area contributed by atoms with E-state index in [9.17, 15) is 14.0 Å². The lowest BCUT2D eigenvalue weighted by Crippen LogP contribution is -2.48. The number of halogens is 2. The number of hydrogen-bond acceptors (Lipinski definition) is 2. The zero-order valence-electron chi connectivity index (χ0n) is 11.4. The maximum Gasteiger partial charge on any atom is 0.315 e. The highest BCUT2D eigenvalue weighted by Gasteiger charge is 2.22. The number of carbonyl (C=O) groups is 2. The highest BCUT2D eigenvalue weighted by atomic mass is 35.5. The Kier molecular flexibility index (Phi) is 5.38. The van der Waals surface area contributed by atoms with Crippen LogP contribution in [-0.2, 0) is 11.3 Å². The van der Waals surface area contributed by atoms with Crippen LogP contribution in [0.4, 0.5) is 9.18 Å². The normalized spacial score (nSPS) is 18.6. The molecule has 21 heavy (non-hydrogen) atoms. The molecule has 1 fully saturated rings. The summed E-state index contributed by atoms with van der Waals surface area (Å²) in [5.41, 5.74) is 0.682. The number of carbonyl (C=O) groups excluding carboxylic acids is 2. The van der Waals surface area contributed by atoms with Crippen molar-refractivity contribution in [3.63, 3.8) is 0 Å². The van der Waals surface area contributed by atoms with Gasteiger partial charge in [0.25, 0.3) is 0 Å². The van der Waals surface area contributed by atoms with Crippen LogP contribution in [0.1, 0.15) is 24.8 Å². The predicted octanol–water partition coefficient (Wildman–Crippen LogP) is 1.95. The van der Waals surface area contributed by atoms with Gasteiger partial charge in [0, 0.05) is 13.1 Å². The molecule has 1 aliphatic rings. The highest BCUT2D eigenvalue weighted by Crippen LogP contribution is 2.15. The number of urea groups is 1. The van der Waals surface area contributed by atoms with Gasteiger partial charge in [0.15, 0.2) is 0 Å². The van der Waals surface area contributed by atoms with Gasteiger partial charge in [-0.1, -0.05) is 17.7 Å². The van der Waals surface area contributed by atoms with Crippen molar-refractivity contribution >= 4 is 23.5 Å². The molecule has 1 heterocycles. The first kappa shape index (κ1) is 15.6. The molecule has 0 aliphatic carbocycles. The first-order valence-electron chi connectivity index (χ1n) is 6.82. The summed E-state index contributed by atoms with van der Waals surface area (Å²) >= 11 is 5.67. The maximum atomic E-state index is 13.0. The topological polar surface area (TPSA) is 70.2 Å². The first-order chi connectivity index (χ1) is 10.1. The minimum absolute atomic E-state index is 0.0119. The molecule has 1 aromatic rings. The van der Waals surface area contributed by atoms with Crippen LogP contribution in [0.15, 0.2) is 18.2 Å². The summed E-state index contributed by atoms with van der Waals surface area (Å²) in [5, 5.41) is 8.02. The fraction of sp³-hybridized carbons (Fsp3) is 0.429. The lowest BCUT2D eigenvalue weighted by atomic mass is 10.1. The fourth-order valence-electron chi connectivity index (χ4n) is 2.12. The van der Waals surface area contributed by atoms with Crippen LogP contribution < -0.4 is 16.0 Å². The summed E-state index contributed by atoms with van der Waals surface area (Å²) < 4.78 is 13.0. The summed E-state index contributed by atoms with van der Waals surface area (Å²) in [6.07, 6.45) is 2.43. The Hall–Kier alpha value is -1.82. The average Bonchev–Trinajstić information content (AvgIpc) is 2.65. The smallest absolute Gasteiger partial charge is 0.315 e. The monoisotopic (exact) mass is 313 g/mol. The van der Waals surface area contributed by atoms with Crippen LogP contribution in [0, 0.1) is 5.82 Å². The number of benzene rings is 1. The van der Waals surface area contributed by atoms with Crippen molar-refractivity contribution in [3.8, 4) is 0 Å². The Morgan fingerprint density at radius 3 is 3.00 bits per heavy atom. The molecule has 3 N–H and O–H groups in total. The molecule has 0 saturated carbocycles. The lowest BCUT2D eigenvalue weighted by Gasteiger charge is -2.15. The minimum Gasteiger partial charge on any atom is -0.354 e. The van der Waals surface area contributed by atoms with E-state index >= 15 is 0 Å². The van der Waals surface area contributed by atoms with Crippen molar-refractivity contribution in [2.24, 2.45) is 0 Å². The summed E-state index contributed by atoms with van der Waals surface area (Å²) in [6, 6.07) is 3.30. The molecule has 0 aromatic heterocycles. The van der Waals surface area contributed by atoms with Gasteiger partial charge in [0.2, 0.25) is 5.91 Å². The van der Waals surface area contributed by atoms with Crippen molar-refractivity contribution in [3.05, 3.63) is 34.6 Å². The molecular formula is C14H17ClFN3O2. The maximum absolute atomic E-state index is 13.0. The Labute approximate surface area is 127 Å². The first-order valence-corrected chi connectivity index (χ1v) is 7.20. The molecule has 0 radical (unpaired) electrons. The van der Waals surface area contributed by atoms with Gasteiger partial charge < -0.3 is 16.0 Å². The standard InChI is InChI=1S/C14H17ClFN3O2/c15-10-7-9(4-5-11(10)16)8-18-14(21)19-12-3-1-2-6-17-13(12)20/h4-5,7,12H,1-3,6,8H2,(H,17,20)(H2,18,19,21)/t12-/m1/s1. The van der Waals surface area contributed by atoms with Gasteiger partial charge in [-0.2, -0.15) is 0 Å². The van der Waals surface area contributed by atoms with Gasteiger partial charge in [0.1, 0.15) is 11.9 Å². The van der Waals surface area contributed by atoms with E-state index in [1.807, 2.05) is 0 Å². The van der Waals surface area contributed by atoms with Gasteiger partial charge in [-0.3, -0.25) is 4.79 Å². The number of nitrogens with one attached hydrogen (secondary N) is 3. The molecule has 7 heteroatoms. The molecule has 1 aromatic carbocycles. The molecule has 0 bridgehead atoms. The van der Waals surface area contributed by atoms with E-state index in [-0.39, 0.29) is 17.5 Å². The van der Waals surface area contributed by atoms with Crippen molar-refractivity contribution < 1.29 is 14.0 Å². The van der Waals surface area contributed by atoms with E-state index in [2.05, 4.69) is 16.0 Å².